The van der Waals surface area contributed by atoms with Gasteiger partial charge in [-0.15, -0.1) is 0 Å². The van der Waals surface area contributed by atoms with Crippen molar-refractivity contribution in [3.05, 3.63) is 56.3 Å². The van der Waals surface area contributed by atoms with E-state index in [4.69, 9.17) is 27.9 Å². The van der Waals surface area contributed by atoms with E-state index < -0.39 is 0 Å². The molecule has 20 heavy (non-hydrogen) atoms. The Labute approximate surface area is 129 Å². The molecule has 0 spiro atoms. The van der Waals surface area contributed by atoms with Gasteiger partial charge in [-0.1, -0.05) is 41.4 Å². The van der Waals surface area contributed by atoms with Crippen molar-refractivity contribution in [2.24, 2.45) is 0 Å². The van der Waals surface area contributed by atoms with Gasteiger partial charge < -0.3 is 4.74 Å². The molecule has 2 rings (SSSR count). The molecular weight excluding hydrogens is 293 g/mol. The number of nitrogens with zero attached hydrogens (tertiary/aromatic N) is 1. The minimum absolute atomic E-state index is 0.434. The van der Waals surface area contributed by atoms with Crippen LogP contribution in [0.25, 0.3) is 0 Å². The summed E-state index contributed by atoms with van der Waals surface area (Å²) < 4.78 is 5.81. The Morgan fingerprint density at radius 1 is 0.950 bits per heavy atom. The standard InChI is InChI=1S/C16H17Cl2NO/c1-9-5-6-13(7-10(9)2)8-20-16-14(17)11(3)19-12(4)15(16)18/h5-7H,8H2,1-4H3. The molecule has 0 fully saturated rings. The normalized spacial score (nSPS) is 10.7. The van der Waals surface area contributed by atoms with E-state index in [-0.39, 0.29) is 0 Å². The maximum Gasteiger partial charge on any atom is 0.160 e. The zero-order valence-corrected chi connectivity index (χ0v) is 13.6. The monoisotopic (exact) mass is 309 g/mol. The topological polar surface area (TPSA) is 22.1 Å². The predicted octanol–water partition coefficient (Wildman–Crippen LogP) is 5.20. The highest BCUT2D eigenvalue weighted by Crippen LogP contribution is 2.36. The Balaban J connectivity index is 2.25. The Bertz CT molecular complexity index is 627. The van der Waals surface area contributed by atoms with Crippen molar-refractivity contribution in [1.82, 2.24) is 4.98 Å². The lowest BCUT2D eigenvalue weighted by Gasteiger charge is -2.13. The molecule has 2 nitrogen and oxygen atoms in total. The fourth-order valence-corrected chi connectivity index (χ4v) is 2.38. The summed E-state index contributed by atoms with van der Waals surface area (Å²) in [5.41, 5.74) is 5.05. The van der Waals surface area contributed by atoms with Crippen molar-refractivity contribution in [2.75, 3.05) is 0 Å². The van der Waals surface area contributed by atoms with Gasteiger partial charge in [-0.05, 0) is 44.4 Å². The highest BCUT2D eigenvalue weighted by molar-refractivity contribution is 6.37. The van der Waals surface area contributed by atoms with Crippen LogP contribution in [0.3, 0.4) is 0 Å². The van der Waals surface area contributed by atoms with Crippen LogP contribution < -0.4 is 4.74 Å². The number of pyridine rings is 1. The van der Waals surface area contributed by atoms with E-state index in [1.54, 1.807) is 0 Å². The molecule has 106 valence electrons. The summed E-state index contributed by atoms with van der Waals surface area (Å²) in [6, 6.07) is 6.24. The highest BCUT2D eigenvalue weighted by Gasteiger charge is 2.14. The van der Waals surface area contributed by atoms with Crippen LogP contribution in [0.2, 0.25) is 10.0 Å². The summed E-state index contributed by atoms with van der Waals surface area (Å²) in [6.07, 6.45) is 0. The Morgan fingerprint density at radius 2 is 1.55 bits per heavy atom. The molecule has 0 unspecified atom stereocenters. The van der Waals surface area contributed by atoms with Gasteiger partial charge in [-0.2, -0.15) is 0 Å². The maximum absolute atomic E-state index is 6.22. The van der Waals surface area contributed by atoms with E-state index >= 15 is 0 Å². The Morgan fingerprint density at radius 3 is 2.10 bits per heavy atom. The van der Waals surface area contributed by atoms with E-state index in [9.17, 15) is 0 Å². The predicted molar refractivity (Wildman–Crippen MR) is 84.0 cm³/mol. The van der Waals surface area contributed by atoms with Crippen molar-refractivity contribution >= 4 is 23.2 Å². The molecule has 4 heteroatoms. The molecule has 0 amide bonds. The zero-order chi connectivity index (χ0) is 14.9. The smallest absolute Gasteiger partial charge is 0.160 e. The quantitative estimate of drug-likeness (QED) is 0.777. The molecule has 0 aliphatic heterocycles. The number of halogens is 2. The third-order valence-electron chi connectivity index (χ3n) is 3.32. The molecule has 0 aliphatic carbocycles. The first-order valence-corrected chi connectivity index (χ1v) is 7.17. The number of hydrogen-bond acceptors (Lipinski definition) is 2. The highest BCUT2D eigenvalue weighted by atomic mass is 35.5. The minimum Gasteiger partial charge on any atom is -0.486 e. The Kier molecular flexibility index (Phi) is 4.56. The van der Waals surface area contributed by atoms with Gasteiger partial charge >= 0.3 is 0 Å². The number of rotatable bonds is 3. The van der Waals surface area contributed by atoms with Crippen LogP contribution in [0.4, 0.5) is 0 Å². The maximum atomic E-state index is 6.22. The number of ether oxygens (including phenoxy) is 1. The van der Waals surface area contributed by atoms with Crippen molar-refractivity contribution in [2.45, 2.75) is 34.3 Å². The van der Waals surface area contributed by atoms with Gasteiger partial charge in [0.1, 0.15) is 16.7 Å². The van der Waals surface area contributed by atoms with Gasteiger partial charge in [0.2, 0.25) is 0 Å². The van der Waals surface area contributed by atoms with Gasteiger partial charge in [0.05, 0.1) is 11.4 Å². The second-order valence-corrected chi connectivity index (χ2v) is 5.70. The molecule has 1 aromatic heterocycles. The average Bonchev–Trinajstić information content (AvgIpc) is 2.40. The SMILES string of the molecule is Cc1ccc(COc2c(Cl)c(C)nc(C)c2Cl)cc1C. The molecule has 0 aliphatic rings. The van der Waals surface area contributed by atoms with E-state index in [0.29, 0.717) is 22.4 Å². The van der Waals surface area contributed by atoms with Gasteiger partial charge in [0.15, 0.2) is 5.75 Å². The summed E-state index contributed by atoms with van der Waals surface area (Å²) in [4.78, 5) is 4.27. The van der Waals surface area contributed by atoms with Crippen LogP contribution in [0.15, 0.2) is 18.2 Å². The van der Waals surface area contributed by atoms with Gasteiger partial charge in [0, 0.05) is 0 Å². The first-order valence-electron chi connectivity index (χ1n) is 6.41. The molecule has 0 atom stereocenters. The molecule has 1 aromatic carbocycles. The first kappa shape index (κ1) is 15.1. The van der Waals surface area contributed by atoms with E-state index in [0.717, 1.165) is 17.0 Å². The second kappa shape index (κ2) is 6.02. The lowest BCUT2D eigenvalue weighted by Crippen LogP contribution is -2.01. The second-order valence-electron chi connectivity index (χ2n) is 4.95. The van der Waals surface area contributed by atoms with Gasteiger partial charge in [-0.25, -0.2) is 0 Å². The molecule has 0 bridgehead atoms. The number of hydrogen-bond donors (Lipinski definition) is 0. The summed E-state index contributed by atoms with van der Waals surface area (Å²) in [7, 11) is 0. The lowest BCUT2D eigenvalue weighted by molar-refractivity contribution is 0.305. The summed E-state index contributed by atoms with van der Waals surface area (Å²) in [6.45, 7) is 8.29. The van der Waals surface area contributed by atoms with Crippen LogP contribution in [0.1, 0.15) is 28.1 Å². The van der Waals surface area contributed by atoms with Gasteiger partial charge in [-0.3, -0.25) is 4.98 Å². The lowest BCUT2D eigenvalue weighted by atomic mass is 10.1. The fourth-order valence-electron chi connectivity index (χ4n) is 1.95. The van der Waals surface area contributed by atoms with Gasteiger partial charge in [0.25, 0.3) is 0 Å². The molecule has 0 radical (unpaired) electrons. The number of benzene rings is 1. The summed E-state index contributed by atoms with van der Waals surface area (Å²) in [5.74, 6) is 0.511. The third-order valence-corrected chi connectivity index (χ3v) is 4.21. The van der Waals surface area contributed by atoms with Crippen LogP contribution >= 0.6 is 23.2 Å². The van der Waals surface area contributed by atoms with Crippen molar-refractivity contribution in [3.63, 3.8) is 0 Å². The largest absolute Gasteiger partial charge is 0.486 e. The number of aryl methyl sites for hydroxylation is 4. The zero-order valence-electron chi connectivity index (χ0n) is 12.1. The van der Waals surface area contributed by atoms with E-state index in [1.165, 1.54) is 11.1 Å². The van der Waals surface area contributed by atoms with E-state index in [2.05, 4.69) is 31.0 Å². The molecule has 1 heterocycles. The first-order chi connectivity index (χ1) is 9.40. The summed E-state index contributed by atoms with van der Waals surface area (Å²) in [5, 5.41) is 0.953. The third kappa shape index (κ3) is 3.08. The molecular formula is C16H17Cl2NO. The fraction of sp³-hybridized carbons (Fsp3) is 0.312. The molecule has 2 aromatic rings. The molecule has 0 saturated heterocycles. The van der Waals surface area contributed by atoms with Crippen LogP contribution in [0.5, 0.6) is 5.75 Å². The molecule has 0 N–H and O–H groups in total. The summed E-state index contributed by atoms with van der Waals surface area (Å²) >= 11 is 12.4. The average molecular weight is 310 g/mol. The van der Waals surface area contributed by atoms with E-state index in [1.807, 2.05) is 19.9 Å². The van der Waals surface area contributed by atoms with Crippen LogP contribution in [0, 0.1) is 27.7 Å². The number of aromatic nitrogens is 1. The van der Waals surface area contributed by atoms with Crippen molar-refractivity contribution in [1.29, 1.82) is 0 Å². The minimum atomic E-state index is 0.434. The molecule has 0 saturated carbocycles. The Hall–Kier alpha value is -1.25. The van der Waals surface area contributed by atoms with Crippen LogP contribution in [-0.2, 0) is 6.61 Å². The van der Waals surface area contributed by atoms with Crippen LogP contribution in [-0.4, -0.2) is 4.98 Å². The van der Waals surface area contributed by atoms with Crippen molar-refractivity contribution < 1.29 is 4.74 Å². The van der Waals surface area contributed by atoms with Crippen molar-refractivity contribution in [3.8, 4) is 5.75 Å².